The Bertz CT molecular complexity index is 653. The van der Waals surface area contributed by atoms with Crippen molar-refractivity contribution in [1.29, 1.82) is 0 Å². The second kappa shape index (κ2) is 6.55. The average Bonchev–Trinajstić information content (AvgIpc) is 3.01. The Hall–Kier alpha value is -1.78. The first kappa shape index (κ1) is 15.1. The normalized spacial score (nSPS) is 21.0. The van der Waals surface area contributed by atoms with Gasteiger partial charge in [0.15, 0.2) is 0 Å². The number of hydrogen-bond acceptors (Lipinski definition) is 4. The van der Waals surface area contributed by atoms with Gasteiger partial charge < -0.3 is 4.74 Å². The molecular weight excluding hydrogens is 292 g/mol. The van der Waals surface area contributed by atoms with Crippen LogP contribution in [0, 0.1) is 0 Å². The number of likely N-dealkylation sites (N-methyl/N-ethyl adjacent to an activating group) is 1. The van der Waals surface area contributed by atoms with Crippen molar-refractivity contribution in [2.75, 3.05) is 21.2 Å². The van der Waals surface area contributed by atoms with E-state index in [1.807, 2.05) is 30.0 Å². The van der Waals surface area contributed by atoms with Gasteiger partial charge >= 0.3 is 0 Å². The summed E-state index contributed by atoms with van der Waals surface area (Å²) in [6, 6.07) is 18.8. The third-order valence-electron chi connectivity index (χ3n) is 3.75. The molecule has 0 aromatic heterocycles. The van der Waals surface area contributed by atoms with Crippen molar-refractivity contribution in [3.63, 3.8) is 0 Å². The summed E-state index contributed by atoms with van der Waals surface area (Å²) in [5.41, 5.74) is 2.41. The molecule has 22 heavy (non-hydrogen) atoms. The number of hydrogen-bond donors (Lipinski definition) is 0. The molecule has 3 rings (SSSR count). The molecule has 0 unspecified atom stereocenters. The van der Waals surface area contributed by atoms with Crippen molar-refractivity contribution >= 4 is 16.8 Å². The Balaban J connectivity index is 1.93. The van der Waals surface area contributed by atoms with Gasteiger partial charge in [0.25, 0.3) is 0 Å². The lowest BCUT2D eigenvalue weighted by molar-refractivity contribution is 0.349. The Morgan fingerprint density at radius 2 is 1.68 bits per heavy atom. The van der Waals surface area contributed by atoms with E-state index in [0.29, 0.717) is 5.37 Å². The molecule has 114 valence electrons. The van der Waals surface area contributed by atoms with Crippen LogP contribution in [0.25, 0.3) is 0 Å². The molecule has 2 aromatic carbocycles. The SMILES string of the molecule is COc1ccc([C@H]2N=C(c3ccccc3)S[C@@H]2N(C)C)cc1. The molecule has 0 amide bonds. The van der Waals surface area contributed by atoms with E-state index in [1.54, 1.807) is 7.11 Å². The third-order valence-corrected chi connectivity index (χ3v) is 5.23. The molecule has 1 heterocycles. The molecule has 3 nitrogen and oxygen atoms in total. The van der Waals surface area contributed by atoms with Crippen molar-refractivity contribution in [3.05, 3.63) is 65.7 Å². The number of methoxy groups -OCH3 is 1. The van der Waals surface area contributed by atoms with Crippen LogP contribution in [-0.4, -0.2) is 36.5 Å². The molecule has 0 saturated carbocycles. The fourth-order valence-electron chi connectivity index (χ4n) is 2.55. The molecule has 0 saturated heterocycles. The van der Waals surface area contributed by atoms with E-state index in [0.717, 1.165) is 10.8 Å². The first-order valence-electron chi connectivity index (χ1n) is 7.29. The van der Waals surface area contributed by atoms with Crippen molar-refractivity contribution in [3.8, 4) is 5.75 Å². The van der Waals surface area contributed by atoms with Crippen molar-refractivity contribution < 1.29 is 4.74 Å². The van der Waals surface area contributed by atoms with Crippen molar-refractivity contribution in [2.45, 2.75) is 11.4 Å². The van der Waals surface area contributed by atoms with Gasteiger partial charge in [0, 0.05) is 5.56 Å². The molecule has 1 aliphatic heterocycles. The summed E-state index contributed by atoms with van der Waals surface area (Å²) in [6.45, 7) is 0. The molecule has 0 aliphatic carbocycles. The lowest BCUT2D eigenvalue weighted by Crippen LogP contribution is -2.28. The highest BCUT2D eigenvalue weighted by Gasteiger charge is 2.33. The highest BCUT2D eigenvalue weighted by molar-refractivity contribution is 8.15. The van der Waals surface area contributed by atoms with Crippen LogP contribution in [0.2, 0.25) is 0 Å². The van der Waals surface area contributed by atoms with Gasteiger partial charge in [-0.3, -0.25) is 9.89 Å². The largest absolute Gasteiger partial charge is 0.497 e. The quantitative estimate of drug-likeness (QED) is 0.858. The number of aliphatic imine (C=N–C) groups is 1. The monoisotopic (exact) mass is 312 g/mol. The minimum Gasteiger partial charge on any atom is -0.497 e. The van der Waals surface area contributed by atoms with E-state index in [4.69, 9.17) is 9.73 Å². The Morgan fingerprint density at radius 3 is 2.27 bits per heavy atom. The summed E-state index contributed by atoms with van der Waals surface area (Å²) in [5, 5.41) is 1.42. The smallest absolute Gasteiger partial charge is 0.118 e. The summed E-state index contributed by atoms with van der Waals surface area (Å²) in [5.74, 6) is 0.878. The zero-order valence-corrected chi connectivity index (χ0v) is 13.9. The van der Waals surface area contributed by atoms with Crippen LogP contribution in [0.3, 0.4) is 0 Å². The maximum absolute atomic E-state index is 5.25. The summed E-state index contributed by atoms with van der Waals surface area (Å²) < 4.78 is 5.25. The maximum atomic E-state index is 5.25. The van der Waals surface area contributed by atoms with Crippen LogP contribution in [0.5, 0.6) is 5.75 Å². The van der Waals surface area contributed by atoms with Gasteiger partial charge in [-0.05, 0) is 31.8 Å². The lowest BCUT2D eigenvalue weighted by Gasteiger charge is -2.24. The summed E-state index contributed by atoms with van der Waals surface area (Å²) in [6.07, 6.45) is 0. The second-order valence-corrected chi connectivity index (χ2v) is 6.60. The summed E-state index contributed by atoms with van der Waals surface area (Å²) in [7, 11) is 5.91. The summed E-state index contributed by atoms with van der Waals surface area (Å²) >= 11 is 1.83. The van der Waals surface area contributed by atoms with Gasteiger partial charge in [0.1, 0.15) is 16.8 Å². The molecule has 0 N–H and O–H groups in total. The number of ether oxygens (including phenoxy) is 1. The van der Waals surface area contributed by atoms with Crippen LogP contribution in [0.1, 0.15) is 17.2 Å². The van der Waals surface area contributed by atoms with Crippen LogP contribution < -0.4 is 4.74 Å². The standard InChI is InChI=1S/C18H20N2OS/c1-20(2)18-16(13-9-11-15(21-3)12-10-13)19-17(22-18)14-7-5-4-6-8-14/h4-12,16,18H,1-3H3/t16-,18+/m1/s1. The fraction of sp³-hybridized carbons (Fsp3) is 0.278. The Labute approximate surface area is 136 Å². The molecular formula is C18H20N2OS. The number of benzene rings is 2. The lowest BCUT2D eigenvalue weighted by atomic mass is 10.1. The van der Waals surface area contributed by atoms with E-state index in [2.05, 4.69) is 55.4 Å². The van der Waals surface area contributed by atoms with Crippen molar-refractivity contribution in [1.82, 2.24) is 4.90 Å². The van der Waals surface area contributed by atoms with E-state index < -0.39 is 0 Å². The molecule has 0 fully saturated rings. The predicted octanol–water partition coefficient (Wildman–Crippen LogP) is 3.82. The topological polar surface area (TPSA) is 24.8 Å². The Kier molecular flexibility index (Phi) is 4.50. The molecule has 0 radical (unpaired) electrons. The molecule has 0 bridgehead atoms. The van der Waals surface area contributed by atoms with Crippen LogP contribution >= 0.6 is 11.8 Å². The van der Waals surface area contributed by atoms with Gasteiger partial charge in [-0.25, -0.2) is 0 Å². The van der Waals surface area contributed by atoms with Gasteiger partial charge in [-0.1, -0.05) is 54.2 Å². The van der Waals surface area contributed by atoms with E-state index in [1.165, 1.54) is 11.1 Å². The molecule has 1 aliphatic rings. The number of thioether (sulfide) groups is 1. The molecule has 0 spiro atoms. The zero-order chi connectivity index (χ0) is 15.5. The van der Waals surface area contributed by atoms with Crippen molar-refractivity contribution in [2.24, 2.45) is 4.99 Å². The van der Waals surface area contributed by atoms with E-state index >= 15 is 0 Å². The first-order valence-corrected chi connectivity index (χ1v) is 8.17. The van der Waals surface area contributed by atoms with Crippen LogP contribution in [0.15, 0.2) is 59.6 Å². The van der Waals surface area contributed by atoms with Gasteiger partial charge in [0.05, 0.1) is 12.5 Å². The molecule has 2 atom stereocenters. The minimum absolute atomic E-state index is 0.140. The van der Waals surface area contributed by atoms with Gasteiger partial charge in [0.2, 0.25) is 0 Å². The van der Waals surface area contributed by atoms with Gasteiger partial charge in [-0.2, -0.15) is 0 Å². The highest BCUT2D eigenvalue weighted by Crippen LogP contribution is 2.40. The molecule has 4 heteroatoms. The maximum Gasteiger partial charge on any atom is 0.118 e. The van der Waals surface area contributed by atoms with E-state index in [9.17, 15) is 0 Å². The zero-order valence-electron chi connectivity index (χ0n) is 13.1. The highest BCUT2D eigenvalue weighted by atomic mass is 32.2. The predicted molar refractivity (Wildman–Crippen MR) is 93.8 cm³/mol. The number of nitrogens with zero attached hydrogens (tertiary/aromatic N) is 2. The van der Waals surface area contributed by atoms with Crippen LogP contribution in [-0.2, 0) is 0 Å². The summed E-state index contributed by atoms with van der Waals surface area (Å²) in [4.78, 5) is 7.22. The van der Waals surface area contributed by atoms with Gasteiger partial charge in [-0.15, -0.1) is 0 Å². The first-order chi connectivity index (χ1) is 10.7. The average molecular weight is 312 g/mol. The van der Waals surface area contributed by atoms with Crippen LogP contribution in [0.4, 0.5) is 0 Å². The Morgan fingerprint density at radius 1 is 1.00 bits per heavy atom. The number of rotatable bonds is 4. The fourth-order valence-corrected chi connectivity index (χ4v) is 3.78. The van der Waals surface area contributed by atoms with E-state index in [-0.39, 0.29) is 6.04 Å². The third kappa shape index (κ3) is 3.03. The molecule has 2 aromatic rings. The second-order valence-electron chi connectivity index (χ2n) is 5.49. The minimum atomic E-state index is 0.140.